The predicted molar refractivity (Wildman–Crippen MR) is 100 cm³/mol. The average molecular weight is 344 g/mol. The van der Waals surface area contributed by atoms with Gasteiger partial charge in [0, 0.05) is 24.5 Å². The molecule has 0 unspecified atom stereocenters. The second-order valence-electron chi connectivity index (χ2n) is 5.21. The molecule has 0 radical (unpaired) electrons. The second kappa shape index (κ2) is 10.4. The number of hydrogen-bond donors (Lipinski definition) is 3. The van der Waals surface area contributed by atoms with E-state index >= 15 is 0 Å². The Morgan fingerprint density at radius 2 is 1.92 bits per heavy atom. The largest absolute Gasteiger partial charge is 0.357 e. The van der Waals surface area contributed by atoms with Gasteiger partial charge in [-0.15, -0.1) is 11.3 Å². The van der Waals surface area contributed by atoms with Gasteiger partial charge in [0.05, 0.1) is 0 Å². The van der Waals surface area contributed by atoms with E-state index < -0.39 is 0 Å². The summed E-state index contributed by atoms with van der Waals surface area (Å²) in [6, 6.07) is 14.0. The lowest BCUT2D eigenvalue weighted by Gasteiger charge is -2.11. The van der Waals surface area contributed by atoms with Gasteiger partial charge in [-0.1, -0.05) is 36.4 Å². The van der Waals surface area contributed by atoms with E-state index in [0.29, 0.717) is 12.5 Å². The number of carbonyl (C=O) groups is 1. The van der Waals surface area contributed by atoms with Crippen molar-refractivity contribution in [2.75, 3.05) is 19.6 Å². The zero-order valence-corrected chi connectivity index (χ0v) is 14.7. The number of nitrogens with zero attached hydrogens (tertiary/aromatic N) is 1. The summed E-state index contributed by atoms with van der Waals surface area (Å²) in [6.07, 6.45) is 0.947. The van der Waals surface area contributed by atoms with Gasteiger partial charge in [-0.3, -0.25) is 4.79 Å². The molecule has 2 rings (SSSR count). The van der Waals surface area contributed by atoms with Crippen LogP contribution in [0.25, 0.3) is 0 Å². The molecule has 1 aromatic heterocycles. The van der Waals surface area contributed by atoms with Gasteiger partial charge in [-0.2, -0.15) is 0 Å². The molecule has 3 N–H and O–H groups in total. The minimum Gasteiger partial charge on any atom is -0.357 e. The highest BCUT2D eigenvalue weighted by molar-refractivity contribution is 7.09. The van der Waals surface area contributed by atoms with Crippen LogP contribution in [0.15, 0.2) is 52.8 Å². The summed E-state index contributed by atoms with van der Waals surface area (Å²) in [4.78, 5) is 17.6. The number of nitrogens with one attached hydrogen (secondary N) is 3. The maximum Gasteiger partial charge on any atom is 0.242 e. The number of carbonyl (C=O) groups excluding carboxylic acids is 1. The maximum absolute atomic E-state index is 11.9. The lowest BCUT2D eigenvalue weighted by atomic mass is 10.2. The summed E-state index contributed by atoms with van der Waals surface area (Å²) in [5.41, 5.74) is 1.08. The van der Waals surface area contributed by atoms with Gasteiger partial charge < -0.3 is 16.0 Å². The Balaban J connectivity index is 1.73. The summed E-state index contributed by atoms with van der Waals surface area (Å²) in [6.45, 7) is 4.19. The molecular formula is C18H24N4OS. The number of aliphatic imine (C=N–C) groups is 1. The van der Waals surface area contributed by atoms with Crippen LogP contribution >= 0.6 is 11.3 Å². The van der Waals surface area contributed by atoms with Gasteiger partial charge in [-0.05, 0) is 30.4 Å². The topological polar surface area (TPSA) is 65.5 Å². The van der Waals surface area contributed by atoms with Crippen LogP contribution in [0.4, 0.5) is 0 Å². The van der Waals surface area contributed by atoms with Gasteiger partial charge in [0.2, 0.25) is 5.91 Å². The molecule has 0 aliphatic heterocycles. The lowest BCUT2D eigenvalue weighted by Crippen LogP contribution is -2.39. The quantitative estimate of drug-likeness (QED) is 0.508. The van der Waals surface area contributed by atoms with Crippen molar-refractivity contribution in [2.24, 2.45) is 4.99 Å². The first-order valence-corrected chi connectivity index (χ1v) is 9.01. The van der Waals surface area contributed by atoms with Crippen molar-refractivity contribution < 1.29 is 4.79 Å². The summed E-state index contributed by atoms with van der Waals surface area (Å²) in [7, 11) is 0. The molecule has 2 aromatic rings. The van der Waals surface area contributed by atoms with E-state index in [-0.39, 0.29) is 12.5 Å². The Kier molecular flexibility index (Phi) is 7.83. The third-order valence-corrected chi connectivity index (χ3v) is 4.24. The SMILES string of the molecule is CCNC(=NCC(=O)NCc1ccccc1)NCCc1cccs1. The highest BCUT2D eigenvalue weighted by Crippen LogP contribution is 2.07. The Morgan fingerprint density at radius 1 is 1.08 bits per heavy atom. The van der Waals surface area contributed by atoms with Gasteiger partial charge in [0.1, 0.15) is 6.54 Å². The average Bonchev–Trinajstić information content (AvgIpc) is 3.12. The van der Waals surface area contributed by atoms with Gasteiger partial charge in [-0.25, -0.2) is 4.99 Å². The van der Waals surface area contributed by atoms with Crippen molar-refractivity contribution >= 4 is 23.2 Å². The van der Waals surface area contributed by atoms with Crippen LogP contribution in [0.5, 0.6) is 0 Å². The summed E-state index contributed by atoms with van der Waals surface area (Å²) in [5, 5.41) is 11.4. The monoisotopic (exact) mass is 344 g/mol. The van der Waals surface area contributed by atoms with Gasteiger partial charge >= 0.3 is 0 Å². The molecule has 0 saturated heterocycles. The zero-order chi connectivity index (χ0) is 17.0. The Morgan fingerprint density at radius 3 is 2.62 bits per heavy atom. The molecular weight excluding hydrogens is 320 g/mol. The van der Waals surface area contributed by atoms with Crippen molar-refractivity contribution in [3.63, 3.8) is 0 Å². The molecule has 24 heavy (non-hydrogen) atoms. The third-order valence-electron chi connectivity index (χ3n) is 3.30. The molecule has 0 fully saturated rings. The van der Waals surface area contributed by atoms with Crippen LogP contribution < -0.4 is 16.0 Å². The smallest absolute Gasteiger partial charge is 0.242 e. The van der Waals surface area contributed by atoms with Crippen molar-refractivity contribution in [3.8, 4) is 0 Å². The standard InChI is InChI=1S/C18H24N4OS/c1-2-19-18(20-11-10-16-9-6-12-24-16)22-14-17(23)21-13-15-7-4-3-5-8-15/h3-9,12H,2,10-11,13-14H2,1H3,(H,21,23)(H2,19,20,22). The molecule has 0 aliphatic rings. The predicted octanol–water partition coefficient (Wildman–Crippen LogP) is 2.16. The normalized spacial score (nSPS) is 11.1. The van der Waals surface area contributed by atoms with Crippen LogP contribution in [-0.2, 0) is 17.8 Å². The maximum atomic E-state index is 11.9. The van der Waals surface area contributed by atoms with Gasteiger partial charge in [0.25, 0.3) is 0 Å². The Bertz CT molecular complexity index is 626. The molecule has 128 valence electrons. The van der Waals surface area contributed by atoms with E-state index in [9.17, 15) is 4.79 Å². The van der Waals surface area contributed by atoms with Crippen molar-refractivity contribution in [1.29, 1.82) is 0 Å². The van der Waals surface area contributed by atoms with E-state index in [4.69, 9.17) is 0 Å². The first-order chi connectivity index (χ1) is 11.8. The molecule has 0 saturated carbocycles. The third kappa shape index (κ3) is 6.83. The van der Waals surface area contributed by atoms with Crippen LogP contribution in [0.1, 0.15) is 17.4 Å². The number of rotatable bonds is 8. The van der Waals surface area contributed by atoms with E-state index in [1.54, 1.807) is 11.3 Å². The van der Waals surface area contributed by atoms with Crippen LogP contribution in [0.3, 0.4) is 0 Å². The Labute approximate surface area is 147 Å². The van der Waals surface area contributed by atoms with E-state index in [0.717, 1.165) is 25.1 Å². The highest BCUT2D eigenvalue weighted by atomic mass is 32.1. The van der Waals surface area contributed by atoms with E-state index in [1.807, 2.05) is 37.3 Å². The molecule has 0 aliphatic carbocycles. The van der Waals surface area contributed by atoms with Crippen molar-refractivity contribution in [3.05, 3.63) is 58.3 Å². The molecule has 1 amide bonds. The number of thiophene rings is 1. The van der Waals surface area contributed by atoms with Crippen LogP contribution in [-0.4, -0.2) is 31.5 Å². The summed E-state index contributed by atoms with van der Waals surface area (Å²) < 4.78 is 0. The van der Waals surface area contributed by atoms with Gasteiger partial charge in [0.15, 0.2) is 5.96 Å². The lowest BCUT2D eigenvalue weighted by molar-refractivity contribution is -0.119. The fourth-order valence-electron chi connectivity index (χ4n) is 2.10. The van der Waals surface area contributed by atoms with E-state index in [2.05, 4.69) is 38.5 Å². The Hall–Kier alpha value is -2.34. The minimum atomic E-state index is -0.0886. The molecule has 6 heteroatoms. The first kappa shape index (κ1) is 18.0. The number of benzene rings is 1. The molecule has 1 heterocycles. The van der Waals surface area contributed by atoms with Crippen LogP contribution in [0.2, 0.25) is 0 Å². The summed E-state index contributed by atoms with van der Waals surface area (Å²) in [5.74, 6) is 0.582. The number of hydrogen-bond acceptors (Lipinski definition) is 3. The fraction of sp³-hybridized carbons (Fsp3) is 0.333. The molecule has 1 aromatic carbocycles. The van der Waals surface area contributed by atoms with Crippen LogP contribution in [0, 0.1) is 0 Å². The summed E-state index contributed by atoms with van der Waals surface area (Å²) >= 11 is 1.75. The second-order valence-corrected chi connectivity index (χ2v) is 6.25. The first-order valence-electron chi connectivity index (χ1n) is 8.13. The van der Waals surface area contributed by atoms with E-state index in [1.165, 1.54) is 4.88 Å². The number of guanidine groups is 1. The molecule has 0 bridgehead atoms. The van der Waals surface area contributed by atoms with Crippen molar-refractivity contribution in [2.45, 2.75) is 19.9 Å². The highest BCUT2D eigenvalue weighted by Gasteiger charge is 2.02. The van der Waals surface area contributed by atoms with Crippen molar-refractivity contribution in [1.82, 2.24) is 16.0 Å². The molecule has 0 atom stereocenters. The number of amides is 1. The molecule has 0 spiro atoms. The molecule has 5 nitrogen and oxygen atoms in total. The minimum absolute atomic E-state index is 0.0886. The zero-order valence-electron chi connectivity index (χ0n) is 13.9. The fourth-order valence-corrected chi connectivity index (χ4v) is 2.81.